The molecule has 106 valence electrons. The smallest absolute Gasteiger partial charge is 0.250 e. The van der Waals surface area contributed by atoms with Crippen LogP contribution in [0.1, 0.15) is 19.0 Å². The Morgan fingerprint density at radius 1 is 1.35 bits per heavy atom. The standard InChI is InChI=1S/C14H15BrN2O3/c1-2-5-20-13-7-16-11(6-12(13)18)9-17-8-10(15)3-4-14(17)19/h3-4,6-8H,2,5,9H2,1H3,(H,16,18). The average Bonchev–Trinajstić information content (AvgIpc) is 2.42. The van der Waals surface area contributed by atoms with Crippen molar-refractivity contribution in [2.75, 3.05) is 6.61 Å². The van der Waals surface area contributed by atoms with Gasteiger partial charge in [0.1, 0.15) is 0 Å². The van der Waals surface area contributed by atoms with Crippen molar-refractivity contribution < 1.29 is 4.74 Å². The van der Waals surface area contributed by atoms with Gasteiger partial charge in [0.25, 0.3) is 5.56 Å². The summed E-state index contributed by atoms with van der Waals surface area (Å²) >= 11 is 3.31. The summed E-state index contributed by atoms with van der Waals surface area (Å²) in [5.41, 5.74) is 0.342. The maximum Gasteiger partial charge on any atom is 0.250 e. The van der Waals surface area contributed by atoms with Crippen LogP contribution < -0.4 is 15.7 Å². The van der Waals surface area contributed by atoms with Gasteiger partial charge in [-0.1, -0.05) is 6.92 Å². The predicted octanol–water partition coefficient (Wildman–Crippen LogP) is 2.14. The van der Waals surface area contributed by atoms with E-state index in [2.05, 4.69) is 20.9 Å². The third-order valence-corrected chi connectivity index (χ3v) is 3.16. The van der Waals surface area contributed by atoms with Gasteiger partial charge >= 0.3 is 0 Å². The van der Waals surface area contributed by atoms with Gasteiger partial charge in [-0.3, -0.25) is 9.59 Å². The quantitative estimate of drug-likeness (QED) is 0.908. The van der Waals surface area contributed by atoms with E-state index in [9.17, 15) is 9.59 Å². The third kappa shape index (κ3) is 3.60. The van der Waals surface area contributed by atoms with Crippen molar-refractivity contribution in [1.82, 2.24) is 9.55 Å². The molecule has 0 saturated heterocycles. The summed E-state index contributed by atoms with van der Waals surface area (Å²) in [6.45, 7) is 2.79. The molecule has 0 bridgehead atoms. The zero-order chi connectivity index (χ0) is 14.5. The minimum absolute atomic E-state index is 0.125. The van der Waals surface area contributed by atoms with Crippen LogP contribution >= 0.6 is 15.9 Å². The van der Waals surface area contributed by atoms with Crippen molar-refractivity contribution in [2.24, 2.45) is 0 Å². The minimum atomic E-state index is -0.185. The number of aromatic nitrogens is 2. The summed E-state index contributed by atoms with van der Waals surface area (Å²) in [6, 6.07) is 4.61. The Bertz CT molecular complexity index is 706. The summed E-state index contributed by atoms with van der Waals surface area (Å²) in [4.78, 5) is 26.5. The fraction of sp³-hybridized carbons (Fsp3) is 0.286. The first kappa shape index (κ1) is 14.6. The molecule has 0 atom stereocenters. The number of nitrogens with zero attached hydrogens (tertiary/aromatic N) is 1. The summed E-state index contributed by atoms with van der Waals surface area (Å²) in [7, 11) is 0. The second kappa shape index (κ2) is 6.56. The van der Waals surface area contributed by atoms with Crippen LogP contribution in [0.15, 0.2) is 44.7 Å². The van der Waals surface area contributed by atoms with E-state index in [4.69, 9.17) is 4.74 Å². The van der Waals surface area contributed by atoms with Crippen LogP contribution in [-0.2, 0) is 6.54 Å². The lowest BCUT2D eigenvalue weighted by Crippen LogP contribution is -2.20. The monoisotopic (exact) mass is 338 g/mol. The predicted molar refractivity (Wildman–Crippen MR) is 80.4 cm³/mol. The van der Waals surface area contributed by atoms with E-state index in [1.54, 1.807) is 12.3 Å². The van der Waals surface area contributed by atoms with Gasteiger partial charge in [-0.25, -0.2) is 0 Å². The Morgan fingerprint density at radius 3 is 2.85 bits per heavy atom. The van der Waals surface area contributed by atoms with Crippen LogP contribution in [-0.4, -0.2) is 16.2 Å². The fourth-order valence-corrected chi connectivity index (χ4v) is 2.11. The van der Waals surface area contributed by atoms with Gasteiger partial charge in [0, 0.05) is 34.7 Å². The Labute approximate surface area is 124 Å². The third-order valence-electron chi connectivity index (χ3n) is 2.69. The zero-order valence-corrected chi connectivity index (χ0v) is 12.6. The lowest BCUT2D eigenvalue weighted by molar-refractivity contribution is 0.313. The number of pyridine rings is 2. The molecule has 0 fully saturated rings. The fourth-order valence-electron chi connectivity index (χ4n) is 1.73. The Hall–Kier alpha value is -1.82. The van der Waals surface area contributed by atoms with Crippen LogP contribution in [0.4, 0.5) is 0 Å². The van der Waals surface area contributed by atoms with Crippen LogP contribution in [0, 0.1) is 0 Å². The highest BCUT2D eigenvalue weighted by Gasteiger charge is 2.04. The Kier molecular flexibility index (Phi) is 4.79. The van der Waals surface area contributed by atoms with E-state index >= 15 is 0 Å². The molecule has 0 unspecified atom stereocenters. The molecule has 0 spiro atoms. The van der Waals surface area contributed by atoms with Crippen molar-refractivity contribution >= 4 is 15.9 Å². The highest BCUT2D eigenvalue weighted by Crippen LogP contribution is 2.07. The Balaban J connectivity index is 2.22. The molecule has 0 aliphatic heterocycles. The topological polar surface area (TPSA) is 64.1 Å². The SMILES string of the molecule is CCCOc1c[nH]c(Cn2cc(Br)ccc2=O)cc1=O. The first-order chi connectivity index (χ1) is 9.60. The summed E-state index contributed by atoms with van der Waals surface area (Å²) in [5.74, 6) is 0.303. The van der Waals surface area contributed by atoms with Crippen molar-refractivity contribution in [2.45, 2.75) is 19.9 Å². The number of aromatic amines is 1. The summed E-state index contributed by atoms with van der Waals surface area (Å²) < 4.78 is 7.64. The molecule has 1 N–H and O–H groups in total. The van der Waals surface area contributed by atoms with Crippen molar-refractivity contribution in [3.63, 3.8) is 0 Å². The summed E-state index contributed by atoms with van der Waals surface area (Å²) in [6.07, 6.45) is 4.06. The van der Waals surface area contributed by atoms with Crippen LogP contribution in [0.2, 0.25) is 0 Å². The largest absolute Gasteiger partial charge is 0.488 e. The molecule has 2 rings (SSSR count). The Morgan fingerprint density at radius 2 is 2.15 bits per heavy atom. The molecule has 6 heteroatoms. The maximum absolute atomic E-state index is 11.8. The van der Waals surface area contributed by atoms with Crippen LogP contribution in [0.5, 0.6) is 5.75 Å². The lowest BCUT2D eigenvalue weighted by atomic mass is 10.3. The zero-order valence-electron chi connectivity index (χ0n) is 11.1. The molecule has 2 aromatic heterocycles. The molecule has 2 aromatic rings. The number of halogens is 1. The molecule has 0 amide bonds. The van der Waals surface area contributed by atoms with Crippen molar-refractivity contribution in [3.05, 3.63) is 61.3 Å². The molecular formula is C14H15BrN2O3. The van der Waals surface area contributed by atoms with Gasteiger partial charge in [-0.2, -0.15) is 0 Å². The first-order valence-corrected chi connectivity index (χ1v) is 7.10. The number of H-pyrrole nitrogens is 1. The number of nitrogens with one attached hydrogen (secondary N) is 1. The van der Waals surface area contributed by atoms with E-state index in [0.717, 1.165) is 10.9 Å². The van der Waals surface area contributed by atoms with E-state index in [-0.39, 0.29) is 11.0 Å². The molecule has 0 saturated carbocycles. The van der Waals surface area contributed by atoms with Gasteiger partial charge in [-0.05, 0) is 28.4 Å². The van der Waals surface area contributed by atoms with Gasteiger partial charge in [0.2, 0.25) is 5.43 Å². The minimum Gasteiger partial charge on any atom is -0.488 e. The lowest BCUT2D eigenvalue weighted by Gasteiger charge is -2.08. The summed E-state index contributed by atoms with van der Waals surface area (Å²) in [5, 5.41) is 0. The number of ether oxygens (including phenoxy) is 1. The van der Waals surface area contributed by atoms with Crippen molar-refractivity contribution in [3.8, 4) is 5.75 Å². The van der Waals surface area contributed by atoms with E-state index in [0.29, 0.717) is 24.6 Å². The highest BCUT2D eigenvalue weighted by molar-refractivity contribution is 9.10. The molecule has 0 radical (unpaired) electrons. The van der Waals surface area contributed by atoms with Gasteiger partial charge in [0.05, 0.1) is 13.2 Å². The number of rotatable bonds is 5. The van der Waals surface area contributed by atoms with Crippen LogP contribution in [0.25, 0.3) is 0 Å². The molecule has 0 aromatic carbocycles. The highest BCUT2D eigenvalue weighted by atomic mass is 79.9. The number of hydrogen-bond acceptors (Lipinski definition) is 3. The second-order valence-electron chi connectivity index (χ2n) is 4.35. The average molecular weight is 339 g/mol. The molecule has 2 heterocycles. The normalized spacial score (nSPS) is 10.5. The van der Waals surface area contributed by atoms with E-state index in [1.807, 2.05) is 6.92 Å². The first-order valence-electron chi connectivity index (χ1n) is 6.30. The van der Waals surface area contributed by atoms with Gasteiger partial charge in [-0.15, -0.1) is 0 Å². The van der Waals surface area contributed by atoms with E-state index < -0.39 is 0 Å². The van der Waals surface area contributed by atoms with Crippen molar-refractivity contribution in [1.29, 1.82) is 0 Å². The van der Waals surface area contributed by atoms with Crippen LogP contribution in [0.3, 0.4) is 0 Å². The second-order valence-corrected chi connectivity index (χ2v) is 5.26. The molecule has 20 heavy (non-hydrogen) atoms. The van der Waals surface area contributed by atoms with Gasteiger partial charge < -0.3 is 14.3 Å². The number of hydrogen-bond donors (Lipinski definition) is 1. The van der Waals surface area contributed by atoms with E-state index in [1.165, 1.54) is 22.9 Å². The maximum atomic E-state index is 11.8. The van der Waals surface area contributed by atoms with Gasteiger partial charge in [0.15, 0.2) is 5.75 Å². The molecule has 5 nitrogen and oxygen atoms in total. The molecular weight excluding hydrogens is 324 g/mol. The molecule has 0 aliphatic carbocycles. The molecule has 0 aliphatic rings.